The van der Waals surface area contributed by atoms with Gasteiger partial charge in [0.05, 0.1) is 13.2 Å². The molecule has 0 spiro atoms. The predicted octanol–water partition coefficient (Wildman–Crippen LogP) is 2.88. The lowest BCUT2D eigenvalue weighted by molar-refractivity contribution is 0.0521. The molecule has 0 heterocycles. The minimum Gasteiger partial charge on any atom is -0.438 e. The van der Waals surface area contributed by atoms with Crippen molar-refractivity contribution in [3.05, 3.63) is 0 Å². The Kier molecular flexibility index (Phi) is 10.2. The van der Waals surface area contributed by atoms with Gasteiger partial charge in [-0.05, 0) is 19.8 Å². The first-order valence-electron chi connectivity index (χ1n) is 6.51. The van der Waals surface area contributed by atoms with Crippen LogP contribution in [0, 0.1) is 11.8 Å². The zero-order valence-electron chi connectivity index (χ0n) is 11.6. The standard InChI is InChI=1S/C14H24O4/c1-4-5-6-7-10-13(18-14(16)17-3)11-8-9-12(2)15/h12-13,15H,4-7,9-10H2,1-3H3. The fourth-order valence-corrected chi connectivity index (χ4v) is 1.40. The van der Waals surface area contributed by atoms with Crippen molar-refractivity contribution in [1.82, 2.24) is 0 Å². The second-order valence-electron chi connectivity index (χ2n) is 4.28. The molecule has 2 unspecified atom stereocenters. The molecule has 4 nitrogen and oxygen atoms in total. The quantitative estimate of drug-likeness (QED) is 0.432. The van der Waals surface area contributed by atoms with Crippen molar-refractivity contribution in [2.24, 2.45) is 0 Å². The average molecular weight is 256 g/mol. The van der Waals surface area contributed by atoms with Crippen LogP contribution in [0.4, 0.5) is 4.79 Å². The van der Waals surface area contributed by atoms with E-state index in [0.29, 0.717) is 12.8 Å². The Labute approximate surface area is 110 Å². The second kappa shape index (κ2) is 10.9. The monoisotopic (exact) mass is 256 g/mol. The highest BCUT2D eigenvalue weighted by atomic mass is 16.7. The smallest absolute Gasteiger partial charge is 0.438 e. The number of carbonyl (C=O) groups is 1. The summed E-state index contributed by atoms with van der Waals surface area (Å²) in [5, 5.41) is 9.10. The molecule has 0 aliphatic rings. The minimum absolute atomic E-state index is 0.385. The maximum atomic E-state index is 11.0. The predicted molar refractivity (Wildman–Crippen MR) is 70.1 cm³/mol. The van der Waals surface area contributed by atoms with Crippen LogP contribution in [0.2, 0.25) is 0 Å². The number of hydrogen-bond acceptors (Lipinski definition) is 4. The zero-order valence-corrected chi connectivity index (χ0v) is 11.6. The van der Waals surface area contributed by atoms with E-state index in [1.807, 2.05) is 0 Å². The summed E-state index contributed by atoms with van der Waals surface area (Å²) in [7, 11) is 1.28. The highest BCUT2D eigenvalue weighted by molar-refractivity contribution is 5.60. The van der Waals surface area contributed by atoms with Gasteiger partial charge in [-0.15, -0.1) is 0 Å². The molecule has 0 aromatic heterocycles. The van der Waals surface area contributed by atoms with Gasteiger partial charge in [-0.1, -0.05) is 38.0 Å². The molecular weight excluding hydrogens is 232 g/mol. The molecular formula is C14H24O4. The van der Waals surface area contributed by atoms with Crippen LogP contribution in [0.25, 0.3) is 0 Å². The Morgan fingerprint density at radius 3 is 2.61 bits per heavy atom. The number of ether oxygens (including phenoxy) is 2. The number of rotatable bonds is 7. The highest BCUT2D eigenvalue weighted by Gasteiger charge is 2.11. The maximum absolute atomic E-state index is 11.0. The first kappa shape index (κ1) is 16.8. The summed E-state index contributed by atoms with van der Waals surface area (Å²) in [5.74, 6) is 5.68. The van der Waals surface area contributed by atoms with Gasteiger partial charge < -0.3 is 14.6 Å². The Morgan fingerprint density at radius 2 is 2.06 bits per heavy atom. The number of aliphatic hydroxyl groups excluding tert-OH is 1. The van der Waals surface area contributed by atoms with Crippen molar-refractivity contribution in [1.29, 1.82) is 0 Å². The van der Waals surface area contributed by atoms with E-state index in [-0.39, 0.29) is 0 Å². The van der Waals surface area contributed by atoms with Gasteiger partial charge in [-0.3, -0.25) is 0 Å². The van der Waals surface area contributed by atoms with E-state index in [0.717, 1.165) is 19.3 Å². The third kappa shape index (κ3) is 9.98. The number of carbonyl (C=O) groups excluding carboxylic acids is 1. The lowest BCUT2D eigenvalue weighted by Gasteiger charge is -2.11. The van der Waals surface area contributed by atoms with Crippen molar-refractivity contribution in [2.75, 3.05) is 7.11 Å². The highest BCUT2D eigenvalue weighted by Crippen LogP contribution is 2.08. The van der Waals surface area contributed by atoms with E-state index in [2.05, 4.69) is 23.5 Å². The largest absolute Gasteiger partial charge is 0.509 e. The van der Waals surface area contributed by atoms with Crippen LogP contribution in [0.15, 0.2) is 0 Å². The van der Waals surface area contributed by atoms with E-state index >= 15 is 0 Å². The number of methoxy groups -OCH3 is 1. The van der Waals surface area contributed by atoms with Gasteiger partial charge in [0.25, 0.3) is 0 Å². The maximum Gasteiger partial charge on any atom is 0.509 e. The third-order valence-electron chi connectivity index (χ3n) is 2.39. The average Bonchev–Trinajstić information content (AvgIpc) is 2.33. The molecule has 0 saturated carbocycles. The molecule has 2 atom stereocenters. The molecule has 18 heavy (non-hydrogen) atoms. The minimum atomic E-state index is -0.707. The van der Waals surface area contributed by atoms with Crippen LogP contribution in [0.3, 0.4) is 0 Å². The summed E-state index contributed by atoms with van der Waals surface area (Å²) < 4.78 is 9.50. The Hall–Kier alpha value is -1.21. The molecule has 0 aromatic carbocycles. The van der Waals surface area contributed by atoms with Gasteiger partial charge >= 0.3 is 6.16 Å². The van der Waals surface area contributed by atoms with Crippen molar-refractivity contribution in [2.45, 2.75) is 64.6 Å². The molecule has 0 fully saturated rings. The molecule has 1 N–H and O–H groups in total. The van der Waals surface area contributed by atoms with E-state index < -0.39 is 18.4 Å². The zero-order chi connectivity index (χ0) is 13.8. The van der Waals surface area contributed by atoms with Crippen LogP contribution >= 0.6 is 0 Å². The summed E-state index contributed by atoms with van der Waals surface area (Å²) in [4.78, 5) is 11.0. The van der Waals surface area contributed by atoms with Gasteiger partial charge in [-0.25, -0.2) is 4.79 Å². The number of hydrogen-bond donors (Lipinski definition) is 1. The molecule has 4 heteroatoms. The van der Waals surface area contributed by atoms with E-state index in [9.17, 15) is 4.79 Å². The summed E-state index contributed by atoms with van der Waals surface area (Å²) >= 11 is 0. The van der Waals surface area contributed by atoms with Gasteiger partial charge in [0.2, 0.25) is 0 Å². The first-order valence-corrected chi connectivity index (χ1v) is 6.51. The molecule has 104 valence electrons. The number of unbranched alkanes of at least 4 members (excludes halogenated alkanes) is 3. The van der Waals surface area contributed by atoms with Crippen molar-refractivity contribution < 1.29 is 19.4 Å². The molecule has 0 amide bonds. The summed E-state index contributed by atoms with van der Waals surface area (Å²) in [6.07, 6.45) is 3.90. The molecule has 0 aliphatic heterocycles. The van der Waals surface area contributed by atoms with Gasteiger partial charge in [0.15, 0.2) is 6.10 Å². The van der Waals surface area contributed by atoms with Crippen molar-refractivity contribution in [3.63, 3.8) is 0 Å². The van der Waals surface area contributed by atoms with E-state index in [1.54, 1.807) is 6.92 Å². The lowest BCUT2D eigenvalue weighted by atomic mass is 10.1. The molecule has 0 saturated heterocycles. The molecule has 0 rings (SSSR count). The van der Waals surface area contributed by atoms with Crippen LogP contribution in [0.5, 0.6) is 0 Å². The summed E-state index contributed by atoms with van der Waals surface area (Å²) in [5.41, 5.74) is 0. The number of aliphatic hydroxyl groups is 1. The van der Waals surface area contributed by atoms with Crippen LogP contribution in [-0.2, 0) is 9.47 Å². The molecule has 0 aromatic rings. The van der Waals surface area contributed by atoms with Gasteiger partial charge in [-0.2, -0.15) is 0 Å². The first-order chi connectivity index (χ1) is 8.60. The van der Waals surface area contributed by atoms with E-state index in [1.165, 1.54) is 13.5 Å². The Bertz CT molecular complexity index is 275. The molecule has 0 radical (unpaired) electrons. The normalized spacial score (nSPS) is 13.1. The van der Waals surface area contributed by atoms with Crippen LogP contribution in [-0.4, -0.2) is 30.6 Å². The Morgan fingerprint density at radius 1 is 1.33 bits per heavy atom. The molecule has 0 bridgehead atoms. The lowest BCUT2D eigenvalue weighted by Crippen LogP contribution is -2.16. The fraction of sp³-hybridized carbons (Fsp3) is 0.786. The van der Waals surface area contributed by atoms with Crippen LogP contribution < -0.4 is 0 Å². The van der Waals surface area contributed by atoms with E-state index in [4.69, 9.17) is 9.84 Å². The fourth-order valence-electron chi connectivity index (χ4n) is 1.40. The van der Waals surface area contributed by atoms with Crippen molar-refractivity contribution in [3.8, 4) is 11.8 Å². The summed E-state index contributed by atoms with van der Waals surface area (Å²) in [6.45, 7) is 3.82. The van der Waals surface area contributed by atoms with Crippen LogP contribution in [0.1, 0.15) is 52.4 Å². The third-order valence-corrected chi connectivity index (χ3v) is 2.39. The molecule has 0 aliphatic carbocycles. The second-order valence-corrected chi connectivity index (χ2v) is 4.28. The SMILES string of the molecule is CCCCCCC(C#CCC(C)O)OC(=O)OC. The summed E-state index contributed by atoms with van der Waals surface area (Å²) in [6, 6.07) is 0. The topological polar surface area (TPSA) is 55.8 Å². The van der Waals surface area contributed by atoms with Crippen molar-refractivity contribution >= 4 is 6.16 Å². The Balaban J connectivity index is 4.14. The van der Waals surface area contributed by atoms with Gasteiger partial charge in [0, 0.05) is 6.42 Å². The van der Waals surface area contributed by atoms with Gasteiger partial charge in [0.1, 0.15) is 0 Å².